The van der Waals surface area contributed by atoms with Crippen LogP contribution in [-0.2, 0) is 25.2 Å². The number of fused-ring (bicyclic) bond motifs is 1. The van der Waals surface area contributed by atoms with E-state index in [-0.39, 0.29) is 45.0 Å². The highest BCUT2D eigenvalue weighted by atomic mass is 35.5. The number of carbonyl (C=O) groups is 2. The standard InChI is InChI=1S/C33H39ClN6O7S/c1-4-46-30-25(8-7-15-35-30)33(36-32(42)47-39-16-13-24(14-17-39)38-20-18-37(2)19-21-38)26-22-23(34)11-12-27(26)40(31(33)41)48(43,44)29-10-6-5-9-28(29)45-3/h5-12,15,22,24H,4,13-14,16-21H2,1-3H3,(H,36,42). The van der Waals surface area contributed by atoms with Crippen molar-refractivity contribution in [3.05, 3.63) is 76.9 Å². The van der Waals surface area contributed by atoms with Crippen molar-refractivity contribution in [1.82, 2.24) is 25.2 Å². The minimum atomic E-state index is -4.60. The highest BCUT2D eigenvalue weighted by Gasteiger charge is 2.59. The zero-order valence-corrected chi connectivity index (χ0v) is 28.7. The number of ether oxygens (including phenoxy) is 2. The molecule has 13 nitrogen and oxygen atoms in total. The number of nitrogens with zero attached hydrogens (tertiary/aromatic N) is 5. The third kappa shape index (κ3) is 6.18. The Labute approximate surface area is 285 Å². The van der Waals surface area contributed by atoms with Crippen LogP contribution in [0.5, 0.6) is 11.6 Å². The number of amides is 2. The molecule has 256 valence electrons. The molecule has 2 amide bonds. The lowest BCUT2D eigenvalue weighted by Gasteiger charge is -2.41. The van der Waals surface area contributed by atoms with E-state index in [4.69, 9.17) is 25.9 Å². The van der Waals surface area contributed by atoms with E-state index in [2.05, 4.69) is 27.1 Å². The third-order valence-electron chi connectivity index (χ3n) is 9.11. The number of methoxy groups -OCH3 is 1. The van der Waals surface area contributed by atoms with Gasteiger partial charge >= 0.3 is 6.09 Å². The lowest BCUT2D eigenvalue weighted by Crippen LogP contribution is -2.56. The number of rotatable bonds is 9. The topological polar surface area (TPSA) is 134 Å². The van der Waals surface area contributed by atoms with Crippen LogP contribution in [0, 0.1) is 0 Å². The average molecular weight is 699 g/mol. The summed E-state index contributed by atoms with van der Waals surface area (Å²) < 4.78 is 40.6. The Hall–Kier alpha value is -3.95. The summed E-state index contributed by atoms with van der Waals surface area (Å²) >= 11 is 6.49. The van der Waals surface area contributed by atoms with Crippen LogP contribution in [-0.4, -0.2) is 106 Å². The van der Waals surface area contributed by atoms with Crippen LogP contribution in [0.25, 0.3) is 0 Å². The largest absolute Gasteiger partial charge is 0.495 e. The van der Waals surface area contributed by atoms with Gasteiger partial charge in [0.25, 0.3) is 15.9 Å². The number of hydrogen-bond donors (Lipinski definition) is 1. The smallest absolute Gasteiger partial charge is 0.427 e. The van der Waals surface area contributed by atoms with Crippen LogP contribution >= 0.6 is 11.6 Å². The predicted molar refractivity (Wildman–Crippen MR) is 179 cm³/mol. The van der Waals surface area contributed by atoms with Gasteiger partial charge in [-0.05, 0) is 69.3 Å². The molecule has 0 aliphatic carbocycles. The molecular formula is C33H39ClN6O7S. The second-order valence-corrected chi connectivity index (χ2v) is 14.1. The molecule has 3 aliphatic rings. The molecule has 6 rings (SSSR count). The second-order valence-electron chi connectivity index (χ2n) is 11.9. The fourth-order valence-corrected chi connectivity index (χ4v) is 8.49. The molecule has 1 atom stereocenters. The van der Waals surface area contributed by atoms with Gasteiger partial charge in [-0.1, -0.05) is 23.7 Å². The van der Waals surface area contributed by atoms with Crippen molar-refractivity contribution < 1.29 is 32.3 Å². The van der Waals surface area contributed by atoms with E-state index >= 15 is 0 Å². The zero-order chi connectivity index (χ0) is 34.1. The number of carbonyl (C=O) groups excluding carboxylic acids is 2. The van der Waals surface area contributed by atoms with E-state index in [9.17, 15) is 18.0 Å². The van der Waals surface area contributed by atoms with Crippen LogP contribution in [0.4, 0.5) is 10.5 Å². The Bertz CT molecular complexity index is 1780. The molecule has 0 bridgehead atoms. The molecule has 15 heteroatoms. The van der Waals surface area contributed by atoms with Crippen LogP contribution < -0.4 is 19.1 Å². The number of pyridine rings is 1. The first kappa shape index (κ1) is 33.9. The molecule has 1 unspecified atom stereocenters. The van der Waals surface area contributed by atoms with Crippen molar-refractivity contribution in [3.63, 3.8) is 0 Å². The van der Waals surface area contributed by atoms with Gasteiger partial charge in [-0.25, -0.2) is 18.2 Å². The molecule has 0 spiro atoms. The molecule has 1 N–H and O–H groups in total. The van der Waals surface area contributed by atoms with Crippen LogP contribution in [0.15, 0.2) is 65.7 Å². The summed E-state index contributed by atoms with van der Waals surface area (Å²) in [5, 5.41) is 4.55. The molecule has 48 heavy (non-hydrogen) atoms. The lowest BCUT2D eigenvalue weighted by molar-refractivity contribution is -0.130. The number of hydroxylamine groups is 2. The van der Waals surface area contributed by atoms with E-state index < -0.39 is 27.6 Å². The number of anilines is 1. The number of hydrogen-bond acceptors (Lipinski definition) is 11. The highest BCUT2D eigenvalue weighted by molar-refractivity contribution is 7.93. The van der Waals surface area contributed by atoms with E-state index in [1.165, 1.54) is 49.7 Å². The first-order valence-electron chi connectivity index (χ1n) is 15.9. The average Bonchev–Trinajstić information content (AvgIpc) is 3.33. The number of para-hydroxylation sites is 1. The highest BCUT2D eigenvalue weighted by Crippen LogP contribution is 2.50. The van der Waals surface area contributed by atoms with Crippen molar-refractivity contribution in [2.75, 3.05) is 64.3 Å². The first-order valence-corrected chi connectivity index (χ1v) is 17.7. The Balaban J connectivity index is 1.37. The maximum absolute atomic E-state index is 14.9. The van der Waals surface area contributed by atoms with Gasteiger partial charge in [0.15, 0.2) is 5.54 Å². The normalized spacial score (nSPS) is 21.2. The van der Waals surface area contributed by atoms with E-state index in [0.29, 0.717) is 23.4 Å². The Morgan fingerprint density at radius 2 is 1.75 bits per heavy atom. The van der Waals surface area contributed by atoms with E-state index in [0.717, 1.165) is 39.0 Å². The van der Waals surface area contributed by atoms with Gasteiger partial charge in [-0.3, -0.25) is 15.0 Å². The van der Waals surface area contributed by atoms with E-state index in [1.807, 2.05) is 0 Å². The predicted octanol–water partition coefficient (Wildman–Crippen LogP) is 3.47. The number of piperidine rings is 1. The minimum Gasteiger partial charge on any atom is -0.495 e. The van der Waals surface area contributed by atoms with Gasteiger partial charge in [0, 0.05) is 62.1 Å². The van der Waals surface area contributed by atoms with Crippen molar-refractivity contribution >= 4 is 39.3 Å². The molecule has 0 radical (unpaired) electrons. The lowest BCUT2D eigenvalue weighted by atomic mass is 9.84. The quantitative estimate of drug-likeness (QED) is 0.352. The van der Waals surface area contributed by atoms with Crippen molar-refractivity contribution in [2.24, 2.45) is 0 Å². The summed E-state index contributed by atoms with van der Waals surface area (Å²) in [6, 6.07) is 13.9. The van der Waals surface area contributed by atoms with Crippen LogP contribution in [0.1, 0.15) is 30.9 Å². The summed E-state index contributed by atoms with van der Waals surface area (Å²) in [6.45, 7) is 6.96. The van der Waals surface area contributed by atoms with Gasteiger partial charge in [0.05, 0.1) is 25.0 Å². The SMILES string of the molecule is CCOc1ncccc1C1(NC(=O)ON2CCC(N3CCN(C)CC3)CC2)C(=O)N(S(=O)(=O)c2ccccc2OC)c2ccc(Cl)cc21. The van der Waals surface area contributed by atoms with Crippen molar-refractivity contribution in [3.8, 4) is 11.6 Å². The minimum absolute atomic E-state index is 0.00472. The summed E-state index contributed by atoms with van der Waals surface area (Å²) in [5.41, 5.74) is -1.93. The fourth-order valence-electron chi connectivity index (χ4n) is 6.69. The molecule has 2 saturated heterocycles. The maximum Gasteiger partial charge on any atom is 0.427 e. The van der Waals surface area contributed by atoms with Gasteiger partial charge in [-0.2, -0.15) is 4.31 Å². The number of piperazine rings is 1. The van der Waals surface area contributed by atoms with Gasteiger partial charge < -0.3 is 19.2 Å². The summed E-state index contributed by atoms with van der Waals surface area (Å²) in [5.74, 6) is -0.920. The Kier molecular flexibility index (Phi) is 9.81. The van der Waals surface area contributed by atoms with Gasteiger partial charge in [0.2, 0.25) is 5.88 Å². The number of aromatic nitrogens is 1. The molecule has 0 saturated carbocycles. The molecule has 1 aromatic heterocycles. The summed E-state index contributed by atoms with van der Waals surface area (Å²) in [4.78, 5) is 43.5. The number of sulfonamides is 1. The molecule has 2 fully saturated rings. The second kappa shape index (κ2) is 13.9. The monoisotopic (exact) mass is 698 g/mol. The van der Waals surface area contributed by atoms with Crippen LogP contribution in [0.3, 0.4) is 0 Å². The fraction of sp³-hybridized carbons (Fsp3) is 0.424. The third-order valence-corrected chi connectivity index (χ3v) is 11.1. The first-order chi connectivity index (χ1) is 23.1. The van der Waals surface area contributed by atoms with Gasteiger partial charge in [-0.15, -0.1) is 5.06 Å². The van der Waals surface area contributed by atoms with Crippen molar-refractivity contribution in [2.45, 2.75) is 36.2 Å². The molecule has 3 aliphatic heterocycles. The molecule has 3 aromatic rings. The number of nitrogens with one attached hydrogen (secondary N) is 1. The summed E-state index contributed by atoms with van der Waals surface area (Å²) in [7, 11) is -1.14. The maximum atomic E-state index is 14.9. The Morgan fingerprint density at radius 3 is 2.46 bits per heavy atom. The van der Waals surface area contributed by atoms with Crippen LogP contribution in [0.2, 0.25) is 5.02 Å². The molecular weight excluding hydrogens is 660 g/mol. The Morgan fingerprint density at radius 1 is 1.02 bits per heavy atom. The summed E-state index contributed by atoms with van der Waals surface area (Å²) in [6.07, 6.45) is 2.14. The van der Waals surface area contributed by atoms with Gasteiger partial charge in [0.1, 0.15) is 10.6 Å². The van der Waals surface area contributed by atoms with E-state index in [1.54, 1.807) is 30.2 Å². The number of halogens is 1. The number of benzene rings is 2. The molecule has 4 heterocycles. The zero-order valence-electron chi connectivity index (χ0n) is 27.1. The van der Waals surface area contributed by atoms with Crippen molar-refractivity contribution in [1.29, 1.82) is 0 Å². The molecule has 2 aromatic carbocycles. The number of likely N-dealkylation sites (N-methyl/N-ethyl adjacent to an activating group) is 1.